The van der Waals surface area contributed by atoms with E-state index in [9.17, 15) is 0 Å². The van der Waals surface area contributed by atoms with Crippen LogP contribution in [0.2, 0.25) is 0 Å². The molecule has 0 saturated carbocycles. The second kappa shape index (κ2) is 8.46. The van der Waals surface area contributed by atoms with Gasteiger partial charge in [-0.2, -0.15) is 0 Å². The zero-order valence-electron chi connectivity index (χ0n) is 16.4. The van der Waals surface area contributed by atoms with Crippen molar-refractivity contribution in [1.29, 1.82) is 0 Å². The highest BCUT2D eigenvalue weighted by atomic mass is 16.5. The van der Waals surface area contributed by atoms with Crippen LogP contribution >= 0.6 is 0 Å². The van der Waals surface area contributed by atoms with E-state index >= 15 is 0 Å². The van der Waals surface area contributed by atoms with E-state index < -0.39 is 0 Å². The van der Waals surface area contributed by atoms with Gasteiger partial charge < -0.3 is 14.5 Å². The average Bonchev–Trinajstić information content (AvgIpc) is 2.75. The van der Waals surface area contributed by atoms with E-state index in [0.29, 0.717) is 6.61 Å². The Morgan fingerprint density at radius 2 is 1.71 bits per heavy atom. The van der Waals surface area contributed by atoms with Crippen molar-refractivity contribution in [3.05, 3.63) is 60.6 Å². The van der Waals surface area contributed by atoms with Gasteiger partial charge in [0.05, 0.1) is 30.4 Å². The van der Waals surface area contributed by atoms with Gasteiger partial charge >= 0.3 is 0 Å². The molecule has 6 nitrogen and oxygen atoms in total. The van der Waals surface area contributed by atoms with E-state index in [1.54, 1.807) is 19.5 Å². The molecule has 0 amide bonds. The van der Waals surface area contributed by atoms with E-state index in [4.69, 9.17) is 9.72 Å². The Labute approximate surface area is 165 Å². The van der Waals surface area contributed by atoms with Crippen molar-refractivity contribution >= 4 is 5.82 Å². The second-order valence-corrected chi connectivity index (χ2v) is 7.12. The summed E-state index contributed by atoms with van der Waals surface area (Å²) in [4.78, 5) is 18.5. The number of rotatable bonds is 5. The number of anilines is 1. The first-order valence-corrected chi connectivity index (χ1v) is 9.53. The first kappa shape index (κ1) is 18.5. The van der Waals surface area contributed by atoms with Crippen molar-refractivity contribution < 1.29 is 4.74 Å². The van der Waals surface area contributed by atoms with Crippen LogP contribution < -0.4 is 4.90 Å². The number of likely N-dealkylation sites (N-methyl/N-ethyl adjacent to an activating group) is 1. The number of piperazine rings is 1. The molecule has 28 heavy (non-hydrogen) atoms. The minimum absolute atomic E-state index is 0.582. The number of hydrogen-bond acceptors (Lipinski definition) is 6. The highest BCUT2D eigenvalue weighted by Crippen LogP contribution is 2.23. The molecule has 3 aromatic rings. The molecule has 4 rings (SSSR count). The third kappa shape index (κ3) is 4.18. The summed E-state index contributed by atoms with van der Waals surface area (Å²) in [5, 5.41) is 0. The Hall–Kier alpha value is -2.83. The van der Waals surface area contributed by atoms with Crippen molar-refractivity contribution in [2.75, 3.05) is 45.2 Å². The highest BCUT2D eigenvalue weighted by Gasteiger charge is 2.15. The van der Waals surface area contributed by atoms with Gasteiger partial charge in [0.15, 0.2) is 0 Å². The molecule has 0 aliphatic carbocycles. The van der Waals surface area contributed by atoms with Crippen LogP contribution in [0.3, 0.4) is 0 Å². The third-order valence-corrected chi connectivity index (χ3v) is 5.04. The van der Waals surface area contributed by atoms with Crippen LogP contribution in [0.25, 0.3) is 22.5 Å². The molecule has 1 aliphatic heterocycles. The van der Waals surface area contributed by atoms with Gasteiger partial charge in [-0.05, 0) is 30.8 Å². The summed E-state index contributed by atoms with van der Waals surface area (Å²) >= 11 is 0. The highest BCUT2D eigenvalue weighted by molar-refractivity contribution is 5.65. The van der Waals surface area contributed by atoms with E-state index in [1.807, 2.05) is 24.4 Å². The molecule has 0 N–H and O–H groups in total. The number of nitrogens with zero attached hydrogens (tertiary/aromatic N) is 5. The Balaban J connectivity index is 1.55. The summed E-state index contributed by atoms with van der Waals surface area (Å²) in [7, 11) is 3.86. The normalized spacial score (nSPS) is 15.0. The molecule has 1 saturated heterocycles. The number of pyridine rings is 1. The number of aromatic nitrogens is 3. The maximum absolute atomic E-state index is 5.23. The standard InChI is InChI=1S/C22H25N5O/c1-26-8-10-27(11-9-26)22-7-6-19(13-24-22)21-15-23-14-20(25-21)18-5-3-4-17(12-18)16-28-2/h3-7,12-15H,8-11,16H2,1-2H3. The molecule has 1 aromatic carbocycles. The van der Waals surface area contributed by atoms with Crippen molar-refractivity contribution in [3.8, 4) is 22.5 Å². The van der Waals surface area contributed by atoms with Crippen LogP contribution in [-0.2, 0) is 11.3 Å². The zero-order chi connectivity index (χ0) is 19.3. The van der Waals surface area contributed by atoms with E-state index in [-0.39, 0.29) is 0 Å². The lowest BCUT2D eigenvalue weighted by molar-refractivity contribution is 0.185. The van der Waals surface area contributed by atoms with Crippen LogP contribution in [0, 0.1) is 0 Å². The van der Waals surface area contributed by atoms with Gasteiger partial charge in [-0.25, -0.2) is 9.97 Å². The van der Waals surface area contributed by atoms with Crippen molar-refractivity contribution in [2.45, 2.75) is 6.61 Å². The second-order valence-electron chi connectivity index (χ2n) is 7.12. The molecule has 0 spiro atoms. The van der Waals surface area contributed by atoms with Crippen molar-refractivity contribution in [2.24, 2.45) is 0 Å². The fourth-order valence-electron chi connectivity index (χ4n) is 3.39. The molecule has 0 radical (unpaired) electrons. The minimum atomic E-state index is 0.582. The number of methoxy groups -OCH3 is 1. The van der Waals surface area contributed by atoms with Gasteiger partial charge in [0.2, 0.25) is 0 Å². The molecule has 0 bridgehead atoms. The first-order chi connectivity index (χ1) is 13.7. The Morgan fingerprint density at radius 1 is 0.929 bits per heavy atom. The zero-order valence-corrected chi connectivity index (χ0v) is 16.4. The smallest absolute Gasteiger partial charge is 0.128 e. The monoisotopic (exact) mass is 375 g/mol. The fourth-order valence-corrected chi connectivity index (χ4v) is 3.39. The maximum atomic E-state index is 5.23. The molecule has 3 heterocycles. The van der Waals surface area contributed by atoms with Gasteiger partial charge in [0.25, 0.3) is 0 Å². The van der Waals surface area contributed by atoms with E-state index in [1.165, 1.54) is 0 Å². The summed E-state index contributed by atoms with van der Waals surface area (Å²) in [5.74, 6) is 1.02. The molecule has 0 atom stereocenters. The Kier molecular flexibility index (Phi) is 5.60. The van der Waals surface area contributed by atoms with Gasteiger partial charge in [-0.1, -0.05) is 18.2 Å². The predicted octanol–water partition coefficient (Wildman–Crippen LogP) is 3.10. The molecule has 144 valence electrons. The van der Waals surface area contributed by atoms with Crippen LogP contribution in [0.5, 0.6) is 0 Å². The predicted molar refractivity (Wildman–Crippen MR) is 111 cm³/mol. The lowest BCUT2D eigenvalue weighted by Crippen LogP contribution is -2.44. The maximum Gasteiger partial charge on any atom is 0.128 e. The molecule has 6 heteroatoms. The number of benzene rings is 1. The van der Waals surface area contributed by atoms with E-state index in [2.05, 4.69) is 45.0 Å². The molecule has 2 aromatic heterocycles. The lowest BCUT2D eigenvalue weighted by atomic mass is 10.1. The van der Waals surface area contributed by atoms with Gasteiger partial charge in [0, 0.05) is 50.6 Å². The molecule has 0 unspecified atom stereocenters. The van der Waals surface area contributed by atoms with Crippen LogP contribution in [0.15, 0.2) is 55.0 Å². The summed E-state index contributed by atoms with van der Waals surface area (Å²) < 4.78 is 5.23. The van der Waals surface area contributed by atoms with E-state index in [0.717, 1.165) is 60.1 Å². The topological polar surface area (TPSA) is 54.4 Å². The van der Waals surface area contributed by atoms with Crippen molar-refractivity contribution in [3.63, 3.8) is 0 Å². The van der Waals surface area contributed by atoms with Gasteiger partial charge in [-0.15, -0.1) is 0 Å². The Bertz CT molecular complexity index is 920. The quantitative estimate of drug-likeness (QED) is 0.683. The van der Waals surface area contributed by atoms with Gasteiger partial charge in [0.1, 0.15) is 5.82 Å². The van der Waals surface area contributed by atoms with Gasteiger partial charge in [-0.3, -0.25) is 4.98 Å². The first-order valence-electron chi connectivity index (χ1n) is 9.53. The minimum Gasteiger partial charge on any atom is -0.380 e. The summed E-state index contributed by atoms with van der Waals surface area (Å²) in [6.07, 6.45) is 5.47. The third-order valence-electron chi connectivity index (χ3n) is 5.04. The summed E-state index contributed by atoms with van der Waals surface area (Å²) in [5.41, 5.74) is 4.79. The van der Waals surface area contributed by atoms with Crippen LogP contribution in [-0.4, -0.2) is 60.2 Å². The molecule has 1 aliphatic rings. The SMILES string of the molecule is COCc1cccc(-c2cncc(-c3ccc(N4CCN(C)CC4)nc3)n2)c1. The number of hydrogen-bond donors (Lipinski definition) is 0. The molecular formula is C22H25N5O. The van der Waals surface area contributed by atoms with Crippen molar-refractivity contribution in [1.82, 2.24) is 19.9 Å². The Morgan fingerprint density at radius 3 is 2.43 bits per heavy atom. The summed E-state index contributed by atoms with van der Waals surface area (Å²) in [6.45, 7) is 4.74. The number of ether oxygens (including phenoxy) is 1. The van der Waals surface area contributed by atoms with Crippen LogP contribution in [0.1, 0.15) is 5.56 Å². The molecule has 1 fully saturated rings. The largest absolute Gasteiger partial charge is 0.380 e. The fraction of sp³-hybridized carbons (Fsp3) is 0.318. The average molecular weight is 375 g/mol. The molecular weight excluding hydrogens is 350 g/mol. The lowest BCUT2D eigenvalue weighted by Gasteiger charge is -2.33. The van der Waals surface area contributed by atoms with Crippen LogP contribution in [0.4, 0.5) is 5.82 Å². The summed E-state index contributed by atoms with van der Waals surface area (Å²) in [6, 6.07) is 12.4.